The number of carbonyl (C=O) groups excluding carboxylic acids is 1. The molecule has 0 unspecified atom stereocenters. The molecular formula is C16H14Cl2FNO4. The quantitative estimate of drug-likeness (QED) is 0.825. The molecule has 0 saturated carbocycles. The lowest BCUT2D eigenvalue weighted by Gasteiger charge is -2.13. The minimum absolute atomic E-state index is 0.0759. The van der Waals surface area contributed by atoms with Crippen molar-refractivity contribution in [2.45, 2.75) is 0 Å². The van der Waals surface area contributed by atoms with E-state index in [9.17, 15) is 9.18 Å². The largest absolute Gasteiger partial charge is 0.493 e. The van der Waals surface area contributed by atoms with Gasteiger partial charge in [0, 0.05) is 12.1 Å². The molecule has 0 aromatic heterocycles. The van der Waals surface area contributed by atoms with E-state index in [4.69, 9.17) is 37.4 Å². The average Bonchev–Trinajstić information content (AvgIpc) is 2.55. The van der Waals surface area contributed by atoms with Crippen molar-refractivity contribution in [3.63, 3.8) is 0 Å². The van der Waals surface area contributed by atoms with Crippen LogP contribution in [0.3, 0.4) is 0 Å². The van der Waals surface area contributed by atoms with Crippen molar-refractivity contribution < 1.29 is 23.4 Å². The summed E-state index contributed by atoms with van der Waals surface area (Å²) in [5.74, 6) is 0.0968. The van der Waals surface area contributed by atoms with Crippen molar-refractivity contribution >= 4 is 34.8 Å². The molecule has 0 radical (unpaired) electrons. The van der Waals surface area contributed by atoms with Crippen LogP contribution in [0.15, 0.2) is 30.3 Å². The number of rotatable bonds is 6. The van der Waals surface area contributed by atoms with E-state index in [1.165, 1.54) is 38.5 Å². The van der Waals surface area contributed by atoms with Crippen molar-refractivity contribution in [3.8, 4) is 17.2 Å². The highest BCUT2D eigenvalue weighted by Crippen LogP contribution is 2.36. The van der Waals surface area contributed by atoms with E-state index in [0.717, 1.165) is 6.07 Å². The Kier molecular flexibility index (Phi) is 6.11. The van der Waals surface area contributed by atoms with Crippen LogP contribution in [0, 0.1) is 5.82 Å². The third-order valence-electron chi connectivity index (χ3n) is 3.00. The maximum Gasteiger partial charge on any atom is 0.262 e. The lowest BCUT2D eigenvalue weighted by atomic mass is 10.2. The van der Waals surface area contributed by atoms with Crippen molar-refractivity contribution in [2.24, 2.45) is 0 Å². The maximum atomic E-state index is 13.0. The van der Waals surface area contributed by atoms with E-state index in [2.05, 4.69) is 5.32 Å². The number of hydrogen-bond donors (Lipinski definition) is 1. The maximum absolute atomic E-state index is 13.0. The highest BCUT2D eigenvalue weighted by Gasteiger charge is 2.13. The van der Waals surface area contributed by atoms with Gasteiger partial charge in [0.2, 0.25) is 0 Å². The van der Waals surface area contributed by atoms with Gasteiger partial charge in [0.15, 0.2) is 18.1 Å². The smallest absolute Gasteiger partial charge is 0.262 e. The SMILES string of the molecule is COc1cc(Cl)c(NC(=O)COc2ccc(F)cc2Cl)cc1OC. The number of nitrogens with one attached hydrogen (secondary N) is 1. The molecule has 8 heteroatoms. The first kappa shape index (κ1) is 18.2. The number of halogens is 3. The number of methoxy groups -OCH3 is 2. The van der Waals surface area contributed by atoms with E-state index in [1.807, 2.05) is 0 Å². The van der Waals surface area contributed by atoms with Crippen LogP contribution >= 0.6 is 23.2 Å². The standard InChI is InChI=1S/C16H14Cl2FNO4/c1-22-14-6-10(17)12(7-15(14)23-2)20-16(21)8-24-13-4-3-9(19)5-11(13)18/h3-7H,8H2,1-2H3,(H,20,21). The summed E-state index contributed by atoms with van der Waals surface area (Å²) in [5, 5.41) is 2.94. The number of anilines is 1. The zero-order valence-corrected chi connectivity index (χ0v) is 14.4. The van der Waals surface area contributed by atoms with Gasteiger partial charge in [-0.05, 0) is 18.2 Å². The van der Waals surface area contributed by atoms with Crippen LogP contribution in [0.4, 0.5) is 10.1 Å². The Bertz CT molecular complexity index is 755. The number of hydrogen-bond acceptors (Lipinski definition) is 4. The summed E-state index contributed by atoms with van der Waals surface area (Å²) < 4.78 is 28.5. The predicted molar refractivity (Wildman–Crippen MR) is 90.1 cm³/mol. The zero-order valence-electron chi connectivity index (χ0n) is 12.9. The topological polar surface area (TPSA) is 56.8 Å². The summed E-state index contributed by atoms with van der Waals surface area (Å²) in [6.45, 7) is -0.323. The van der Waals surface area contributed by atoms with Crippen molar-refractivity contribution in [1.29, 1.82) is 0 Å². The first-order chi connectivity index (χ1) is 11.4. The van der Waals surface area contributed by atoms with Gasteiger partial charge in [0.25, 0.3) is 5.91 Å². The van der Waals surface area contributed by atoms with Gasteiger partial charge in [0.05, 0.1) is 30.0 Å². The Balaban J connectivity index is 2.04. The van der Waals surface area contributed by atoms with Crippen LogP contribution in [0.1, 0.15) is 0 Å². The second-order valence-electron chi connectivity index (χ2n) is 4.60. The fraction of sp³-hybridized carbons (Fsp3) is 0.188. The summed E-state index contributed by atoms with van der Waals surface area (Å²) in [4.78, 5) is 12.0. The second-order valence-corrected chi connectivity index (χ2v) is 5.41. The van der Waals surface area contributed by atoms with Gasteiger partial charge in [-0.25, -0.2) is 4.39 Å². The van der Waals surface area contributed by atoms with Gasteiger partial charge in [-0.1, -0.05) is 23.2 Å². The molecule has 1 N–H and O–H groups in total. The molecule has 24 heavy (non-hydrogen) atoms. The lowest BCUT2D eigenvalue weighted by Crippen LogP contribution is -2.20. The number of carbonyl (C=O) groups is 1. The molecular weight excluding hydrogens is 360 g/mol. The number of amides is 1. The third kappa shape index (κ3) is 4.43. The van der Waals surface area contributed by atoms with E-state index in [-0.39, 0.29) is 22.4 Å². The number of benzene rings is 2. The first-order valence-electron chi connectivity index (χ1n) is 6.73. The Morgan fingerprint density at radius 3 is 2.33 bits per heavy atom. The zero-order chi connectivity index (χ0) is 17.7. The molecule has 0 aliphatic carbocycles. The molecule has 0 spiro atoms. The highest BCUT2D eigenvalue weighted by molar-refractivity contribution is 6.34. The van der Waals surface area contributed by atoms with Crippen molar-refractivity contribution in [2.75, 3.05) is 26.1 Å². The monoisotopic (exact) mass is 373 g/mol. The van der Waals surface area contributed by atoms with Crippen LogP contribution in [-0.2, 0) is 4.79 Å². The lowest BCUT2D eigenvalue weighted by molar-refractivity contribution is -0.118. The Labute approximate surface area is 148 Å². The predicted octanol–water partition coefficient (Wildman–Crippen LogP) is 4.17. The van der Waals surface area contributed by atoms with E-state index < -0.39 is 11.7 Å². The van der Waals surface area contributed by atoms with Gasteiger partial charge < -0.3 is 19.5 Å². The number of ether oxygens (including phenoxy) is 3. The van der Waals surface area contributed by atoms with E-state index >= 15 is 0 Å². The minimum Gasteiger partial charge on any atom is -0.493 e. The van der Waals surface area contributed by atoms with Gasteiger partial charge in [0.1, 0.15) is 11.6 Å². The fourth-order valence-corrected chi connectivity index (χ4v) is 2.29. The van der Waals surface area contributed by atoms with Crippen LogP contribution in [-0.4, -0.2) is 26.7 Å². The third-order valence-corrected chi connectivity index (χ3v) is 3.61. The molecule has 5 nitrogen and oxygen atoms in total. The average molecular weight is 374 g/mol. The molecule has 0 saturated heterocycles. The molecule has 2 aromatic rings. The summed E-state index contributed by atoms with van der Waals surface area (Å²) in [6, 6.07) is 6.68. The van der Waals surface area contributed by atoms with Crippen LogP contribution in [0.25, 0.3) is 0 Å². The van der Waals surface area contributed by atoms with Gasteiger partial charge >= 0.3 is 0 Å². The van der Waals surface area contributed by atoms with E-state index in [1.54, 1.807) is 0 Å². The highest BCUT2D eigenvalue weighted by atomic mass is 35.5. The second kappa shape index (κ2) is 8.08. The van der Waals surface area contributed by atoms with Crippen LogP contribution in [0.2, 0.25) is 10.0 Å². The van der Waals surface area contributed by atoms with E-state index in [0.29, 0.717) is 17.2 Å². The molecule has 0 heterocycles. The van der Waals surface area contributed by atoms with Crippen LogP contribution in [0.5, 0.6) is 17.2 Å². The molecule has 0 bridgehead atoms. The Hall–Kier alpha value is -2.18. The normalized spacial score (nSPS) is 10.2. The summed E-state index contributed by atoms with van der Waals surface area (Å²) >= 11 is 11.9. The molecule has 1 amide bonds. The Morgan fingerprint density at radius 2 is 1.71 bits per heavy atom. The molecule has 2 rings (SSSR count). The minimum atomic E-state index is -0.492. The molecule has 0 atom stereocenters. The van der Waals surface area contributed by atoms with Crippen molar-refractivity contribution in [1.82, 2.24) is 0 Å². The van der Waals surface area contributed by atoms with Gasteiger partial charge in [-0.3, -0.25) is 4.79 Å². The molecule has 0 aliphatic heterocycles. The summed E-state index contributed by atoms with van der Waals surface area (Å²) in [6.07, 6.45) is 0. The van der Waals surface area contributed by atoms with Gasteiger partial charge in [-0.2, -0.15) is 0 Å². The first-order valence-corrected chi connectivity index (χ1v) is 7.49. The molecule has 0 fully saturated rings. The van der Waals surface area contributed by atoms with Crippen molar-refractivity contribution in [3.05, 3.63) is 46.2 Å². The summed E-state index contributed by atoms with van der Waals surface area (Å²) in [5.41, 5.74) is 0.341. The Morgan fingerprint density at radius 1 is 1.04 bits per heavy atom. The van der Waals surface area contributed by atoms with Gasteiger partial charge in [-0.15, -0.1) is 0 Å². The molecule has 2 aromatic carbocycles. The summed E-state index contributed by atoms with van der Waals surface area (Å²) in [7, 11) is 2.95. The molecule has 0 aliphatic rings. The van der Waals surface area contributed by atoms with Crippen LogP contribution < -0.4 is 19.5 Å². The fourth-order valence-electron chi connectivity index (χ4n) is 1.87. The molecule has 128 valence electrons.